The third kappa shape index (κ3) is 2.94. The molecule has 0 aromatic carbocycles. The van der Waals surface area contributed by atoms with Crippen molar-refractivity contribution in [2.75, 3.05) is 61.5 Å². The molecule has 9 nitrogen and oxygen atoms in total. The SMILES string of the molecule is C[C@@]1(N2CCc3c(-c4cnc(N)nc4)nc(N4CCOCC4)nc32)CCNC1. The van der Waals surface area contributed by atoms with Gasteiger partial charge in [-0.25, -0.2) is 15.0 Å². The van der Waals surface area contributed by atoms with Gasteiger partial charge in [0, 0.05) is 49.7 Å². The fourth-order valence-electron chi connectivity index (χ4n) is 4.41. The second-order valence-corrected chi connectivity index (χ2v) is 7.93. The highest BCUT2D eigenvalue weighted by Gasteiger charge is 2.40. The molecule has 0 spiro atoms. The van der Waals surface area contributed by atoms with Crippen LogP contribution in [0.3, 0.4) is 0 Å². The van der Waals surface area contributed by atoms with Gasteiger partial charge in [0.15, 0.2) is 0 Å². The van der Waals surface area contributed by atoms with Crippen LogP contribution < -0.4 is 20.9 Å². The zero-order chi connectivity index (χ0) is 19.1. The molecule has 2 aromatic rings. The van der Waals surface area contributed by atoms with Crippen molar-refractivity contribution < 1.29 is 4.74 Å². The fraction of sp³-hybridized carbons (Fsp3) is 0.579. The van der Waals surface area contributed by atoms with Gasteiger partial charge >= 0.3 is 0 Å². The summed E-state index contributed by atoms with van der Waals surface area (Å²) in [6.07, 6.45) is 5.56. The van der Waals surface area contributed by atoms with Gasteiger partial charge in [-0.1, -0.05) is 0 Å². The second-order valence-electron chi connectivity index (χ2n) is 7.93. The van der Waals surface area contributed by atoms with Gasteiger partial charge in [0.05, 0.1) is 24.4 Å². The van der Waals surface area contributed by atoms with Crippen LogP contribution in [0.25, 0.3) is 11.3 Å². The first-order valence-corrected chi connectivity index (χ1v) is 9.94. The van der Waals surface area contributed by atoms with Gasteiger partial charge in [-0.3, -0.25) is 0 Å². The van der Waals surface area contributed by atoms with Crippen molar-refractivity contribution in [1.82, 2.24) is 25.3 Å². The number of aromatic nitrogens is 4. The summed E-state index contributed by atoms with van der Waals surface area (Å²) >= 11 is 0. The smallest absolute Gasteiger partial charge is 0.228 e. The molecule has 2 saturated heterocycles. The summed E-state index contributed by atoms with van der Waals surface area (Å²) in [5.74, 6) is 2.08. The van der Waals surface area contributed by atoms with Crippen LogP contribution >= 0.6 is 0 Å². The lowest BCUT2D eigenvalue weighted by atomic mass is 9.99. The van der Waals surface area contributed by atoms with Crippen molar-refractivity contribution in [2.45, 2.75) is 25.3 Å². The summed E-state index contributed by atoms with van der Waals surface area (Å²) in [5, 5.41) is 3.51. The molecule has 9 heteroatoms. The third-order valence-corrected chi connectivity index (χ3v) is 6.05. The number of hydrogen-bond acceptors (Lipinski definition) is 9. The van der Waals surface area contributed by atoms with E-state index in [1.165, 1.54) is 5.56 Å². The van der Waals surface area contributed by atoms with Crippen molar-refractivity contribution in [3.63, 3.8) is 0 Å². The molecule has 0 saturated carbocycles. The Morgan fingerprint density at radius 2 is 1.93 bits per heavy atom. The fourth-order valence-corrected chi connectivity index (χ4v) is 4.41. The number of nitrogen functional groups attached to an aromatic ring is 1. The lowest BCUT2D eigenvalue weighted by Gasteiger charge is -2.37. The Labute approximate surface area is 164 Å². The molecule has 3 aliphatic rings. The van der Waals surface area contributed by atoms with E-state index in [9.17, 15) is 0 Å². The minimum atomic E-state index is 0.0801. The maximum absolute atomic E-state index is 5.69. The van der Waals surface area contributed by atoms with Crippen LogP contribution in [0.1, 0.15) is 18.9 Å². The van der Waals surface area contributed by atoms with Crippen LogP contribution in [0.4, 0.5) is 17.7 Å². The molecule has 0 aliphatic carbocycles. The molecule has 3 N–H and O–H groups in total. The Morgan fingerprint density at radius 1 is 1.14 bits per heavy atom. The van der Waals surface area contributed by atoms with E-state index in [4.69, 9.17) is 20.4 Å². The molecule has 1 atom stereocenters. The lowest BCUT2D eigenvalue weighted by Crippen LogP contribution is -2.47. The van der Waals surface area contributed by atoms with Gasteiger partial charge in [0.1, 0.15) is 5.82 Å². The summed E-state index contributed by atoms with van der Waals surface area (Å²) in [6, 6.07) is 0. The summed E-state index contributed by atoms with van der Waals surface area (Å²) < 4.78 is 5.51. The van der Waals surface area contributed by atoms with Crippen molar-refractivity contribution >= 4 is 17.7 Å². The largest absolute Gasteiger partial charge is 0.378 e. The maximum atomic E-state index is 5.69. The van der Waals surface area contributed by atoms with E-state index in [0.717, 1.165) is 68.6 Å². The number of nitrogens with one attached hydrogen (secondary N) is 1. The highest BCUT2D eigenvalue weighted by Crippen LogP contribution is 2.40. The monoisotopic (exact) mass is 382 g/mol. The van der Waals surface area contributed by atoms with Crippen LogP contribution in [0.5, 0.6) is 0 Å². The standard InChI is InChI=1S/C19H26N8O/c1-19(3-4-21-12-19)27-5-2-14-15(13-10-22-17(20)23-11-13)24-18(25-16(14)27)26-6-8-28-9-7-26/h10-11,21H,2-9,12H2,1H3,(H2,20,22,23)/t19-/m1/s1. The molecule has 148 valence electrons. The van der Waals surface area contributed by atoms with Gasteiger partial charge in [-0.2, -0.15) is 4.98 Å². The minimum absolute atomic E-state index is 0.0801. The normalized spacial score (nSPS) is 24.6. The first kappa shape index (κ1) is 17.6. The van der Waals surface area contributed by atoms with Crippen LogP contribution in [-0.2, 0) is 11.2 Å². The molecule has 3 aliphatic heterocycles. The van der Waals surface area contributed by atoms with E-state index in [-0.39, 0.29) is 11.5 Å². The number of anilines is 3. The maximum Gasteiger partial charge on any atom is 0.228 e. The van der Waals surface area contributed by atoms with Gasteiger partial charge in [0.25, 0.3) is 0 Å². The van der Waals surface area contributed by atoms with Gasteiger partial charge in [-0.15, -0.1) is 0 Å². The van der Waals surface area contributed by atoms with Crippen LogP contribution in [0, 0.1) is 0 Å². The van der Waals surface area contributed by atoms with Gasteiger partial charge in [-0.05, 0) is 26.3 Å². The molecule has 0 unspecified atom stereocenters. The molecule has 0 radical (unpaired) electrons. The van der Waals surface area contributed by atoms with Crippen molar-refractivity contribution in [2.24, 2.45) is 0 Å². The zero-order valence-corrected chi connectivity index (χ0v) is 16.2. The predicted molar refractivity (Wildman–Crippen MR) is 107 cm³/mol. The molecule has 0 bridgehead atoms. The van der Waals surface area contributed by atoms with Crippen molar-refractivity contribution in [3.8, 4) is 11.3 Å². The first-order valence-electron chi connectivity index (χ1n) is 9.94. The number of nitrogens with zero attached hydrogens (tertiary/aromatic N) is 6. The molecular formula is C19H26N8O. The number of nitrogens with two attached hydrogens (primary N) is 1. The van der Waals surface area contributed by atoms with E-state index < -0.39 is 0 Å². The zero-order valence-electron chi connectivity index (χ0n) is 16.2. The number of morpholine rings is 1. The van der Waals surface area contributed by atoms with E-state index in [2.05, 4.69) is 32.0 Å². The Morgan fingerprint density at radius 3 is 2.64 bits per heavy atom. The minimum Gasteiger partial charge on any atom is -0.378 e. The Balaban J connectivity index is 1.62. The quantitative estimate of drug-likeness (QED) is 0.783. The third-order valence-electron chi connectivity index (χ3n) is 6.05. The second kappa shape index (κ2) is 6.82. The average molecular weight is 382 g/mol. The molecule has 5 heterocycles. The number of hydrogen-bond donors (Lipinski definition) is 2. The van der Waals surface area contributed by atoms with Crippen LogP contribution in [0.15, 0.2) is 12.4 Å². The highest BCUT2D eigenvalue weighted by atomic mass is 16.5. The molecule has 2 fully saturated rings. The predicted octanol–water partition coefficient (Wildman–Crippen LogP) is 0.467. The first-order chi connectivity index (χ1) is 13.6. The van der Waals surface area contributed by atoms with Crippen LogP contribution in [0.2, 0.25) is 0 Å². The highest BCUT2D eigenvalue weighted by molar-refractivity contribution is 5.73. The molecule has 2 aromatic heterocycles. The number of rotatable bonds is 3. The van der Waals surface area contributed by atoms with E-state index in [1.807, 2.05) is 0 Å². The Bertz CT molecular complexity index is 859. The van der Waals surface area contributed by atoms with Crippen molar-refractivity contribution in [1.29, 1.82) is 0 Å². The summed E-state index contributed by atoms with van der Waals surface area (Å²) in [7, 11) is 0. The van der Waals surface area contributed by atoms with Gasteiger partial charge in [0.2, 0.25) is 11.9 Å². The van der Waals surface area contributed by atoms with Gasteiger partial charge < -0.3 is 25.6 Å². The average Bonchev–Trinajstić information content (AvgIpc) is 3.36. The molecule has 28 heavy (non-hydrogen) atoms. The summed E-state index contributed by atoms with van der Waals surface area (Å²) in [6.45, 7) is 8.30. The lowest BCUT2D eigenvalue weighted by molar-refractivity contribution is 0.122. The van der Waals surface area contributed by atoms with E-state index in [1.54, 1.807) is 12.4 Å². The van der Waals surface area contributed by atoms with E-state index in [0.29, 0.717) is 13.2 Å². The van der Waals surface area contributed by atoms with E-state index >= 15 is 0 Å². The Hall–Kier alpha value is -2.52. The number of ether oxygens (including phenoxy) is 1. The van der Waals surface area contributed by atoms with Crippen LogP contribution in [-0.4, -0.2) is 71.4 Å². The summed E-state index contributed by atoms with van der Waals surface area (Å²) in [4.78, 5) is 23.0. The van der Waals surface area contributed by atoms with Crippen molar-refractivity contribution in [3.05, 3.63) is 18.0 Å². The Kier molecular flexibility index (Phi) is 4.28. The molecular weight excluding hydrogens is 356 g/mol. The number of fused-ring (bicyclic) bond motifs is 1. The summed E-state index contributed by atoms with van der Waals surface area (Å²) in [5.41, 5.74) is 8.76. The molecule has 5 rings (SSSR count). The molecule has 0 amide bonds. The topological polar surface area (TPSA) is 105 Å².